The molecule has 0 saturated carbocycles. The highest BCUT2D eigenvalue weighted by molar-refractivity contribution is 5.85. The lowest BCUT2D eigenvalue weighted by Gasteiger charge is -2.36. The number of hydrogen-bond acceptors (Lipinski definition) is 5. The normalized spacial score (nSPS) is 17.2. The molecule has 2 heterocycles. The van der Waals surface area contributed by atoms with Gasteiger partial charge < -0.3 is 20.0 Å². The van der Waals surface area contributed by atoms with Crippen LogP contribution in [0.3, 0.4) is 0 Å². The molecule has 6 nitrogen and oxygen atoms in total. The smallest absolute Gasteiger partial charge is 0.408 e. The third kappa shape index (κ3) is 2.19. The fraction of sp³-hybridized carbons (Fsp3) is 0.462. The van der Waals surface area contributed by atoms with Gasteiger partial charge in [0.1, 0.15) is 0 Å². The Bertz CT molecular complexity index is 638. The molecule has 6 heteroatoms. The molecule has 3 rings (SSSR count). The second kappa shape index (κ2) is 4.62. The van der Waals surface area contributed by atoms with E-state index in [2.05, 4.69) is 21.7 Å². The second-order valence-corrected chi connectivity index (χ2v) is 4.84. The minimum Gasteiger partial charge on any atom is -0.408 e. The summed E-state index contributed by atoms with van der Waals surface area (Å²) in [5, 5.41) is 0. The second-order valence-electron chi connectivity index (χ2n) is 4.84. The van der Waals surface area contributed by atoms with Gasteiger partial charge in [-0.15, -0.1) is 0 Å². The first-order chi connectivity index (χ1) is 9.17. The van der Waals surface area contributed by atoms with Crippen molar-refractivity contribution < 1.29 is 4.42 Å². The summed E-state index contributed by atoms with van der Waals surface area (Å²) in [6.07, 6.45) is 0. The van der Waals surface area contributed by atoms with Crippen LogP contribution >= 0.6 is 0 Å². The molecule has 1 aromatic heterocycles. The Hall–Kier alpha value is -1.95. The summed E-state index contributed by atoms with van der Waals surface area (Å²) in [6, 6.07) is 3.62. The van der Waals surface area contributed by atoms with Crippen LogP contribution in [0.1, 0.15) is 6.92 Å². The summed E-state index contributed by atoms with van der Waals surface area (Å²) < 4.78 is 5.01. The van der Waals surface area contributed by atoms with E-state index in [-0.39, 0.29) is 0 Å². The molecule has 3 N–H and O–H groups in total. The lowest BCUT2D eigenvalue weighted by Crippen LogP contribution is -2.46. The number of nitrogens with two attached hydrogens (primary N) is 1. The number of anilines is 2. The largest absolute Gasteiger partial charge is 0.417 e. The van der Waals surface area contributed by atoms with Crippen molar-refractivity contribution in [3.8, 4) is 0 Å². The number of nitrogens with one attached hydrogen (secondary N) is 1. The molecular formula is C13H18N4O2. The number of piperazine rings is 1. The molecule has 0 bridgehead atoms. The van der Waals surface area contributed by atoms with Gasteiger partial charge in [-0.05, 0) is 12.6 Å². The van der Waals surface area contributed by atoms with E-state index >= 15 is 0 Å². The fourth-order valence-corrected chi connectivity index (χ4v) is 2.58. The van der Waals surface area contributed by atoms with Crippen molar-refractivity contribution in [2.24, 2.45) is 0 Å². The van der Waals surface area contributed by atoms with E-state index in [0.717, 1.165) is 38.4 Å². The number of oxazole rings is 1. The Labute approximate surface area is 110 Å². The van der Waals surface area contributed by atoms with Gasteiger partial charge in [-0.1, -0.05) is 6.92 Å². The van der Waals surface area contributed by atoms with Crippen LogP contribution in [0.5, 0.6) is 0 Å². The van der Waals surface area contributed by atoms with Crippen molar-refractivity contribution >= 4 is 22.5 Å². The monoisotopic (exact) mass is 262 g/mol. The number of benzene rings is 1. The Kier molecular flexibility index (Phi) is 2.94. The quantitative estimate of drug-likeness (QED) is 0.784. The average Bonchev–Trinajstić information content (AvgIpc) is 2.77. The van der Waals surface area contributed by atoms with Crippen molar-refractivity contribution in [2.75, 3.05) is 43.4 Å². The van der Waals surface area contributed by atoms with Gasteiger partial charge in [-0.2, -0.15) is 0 Å². The lowest BCUT2D eigenvalue weighted by molar-refractivity contribution is 0.271. The van der Waals surface area contributed by atoms with E-state index in [0.29, 0.717) is 16.8 Å². The van der Waals surface area contributed by atoms with Crippen LogP contribution in [0.15, 0.2) is 21.3 Å². The van der Waals surface area contributed by atoms with Gasteiger partial charge in [0.25, 0.3) is 0 Å². The molecule has 1 aromatic carbocycles. The molecule has 1 aliphatic heterocycles. The van der Waals surface area contributed by atoms with Crippen LogP contribution in [0.25, 0.3) is 11.1 Å². The number of H-pyrrole nitrogens is 1. The maximum absolute atomic E-state index is 11.2. The maximum Gasteiger partial charge on any atom is 0.417 e. The van der Waals surface area contributed by atoms with Gasteiger partial charge in [-0.25, -0.2) is 4.79 Å². The Morgan fingerprint density at radius 3 is 2.74 bits per heavy atom. The maximum atomic E-state index is 11.2. The van der Waals surface area contributed by atoms with Crippen LogP contribution in [0.4, 0.5) is 11.4 Å². The number of likely N-dealkylation sites (N-methyl/N-ethyl adjacent to an activating group) is 1. The third-order valence-electron chi connectivity index (χ3n) is 3.73. The molecule has 0 amide bonds. The van der Waals surface area contributed by atoms with Crippen molar-refractivity contribution in [2.45, 2.75) is 6.92 Å². The molecule has 0 radical (unpaired) electrons. The number of aromatic amines is 1. The highest BCUT2D eigenvalue weighted by Crippen LogP contribution is 2.28. The Morgan fingerprint density at radius 2 is 2.05 bits per heavy atom. The number of aromatic nitrogens is 1. The molecule has 0 atom stereocenters. The molecule has 1 aliphatic rings. The van der Waals surface area contributed by atoms with Gasteiger partial charge in [0, 0.05) is 32.2 Å². The topological polar surface area (TPSA) is 78.5 Å². The van der Waals surface area contributed by atoms with Crippen molar-refractivity contribution in [3.05, 3.63) is 22.7 Å². The predicted octanol–water partition coefficient (Wildman–Crippen LogP) is 0.845. The van der Waals surface area contributed by atoms with Gasteiger partial charge in [0.05, 0.1) is 16.9 Å². The summed E-state index contributed by atoms with van der Waals surface area (Å²) in [4.78, 5) is 18.5. The first-order valence-electron chi connectivity index (χ1n) is 6.57. The molecule has 102 valence electrons. The molecule has 0 unspecified atom stereocenters. The van der Waals surface area contributed by atoms with Gasteiger partial charge in [0.15, 0.2) is 5.58 Å². The first-order valence-corrected chi connectivity index (χ1v) is 6.57. The summed E-state index contributed by atoms with van der Waals surface area (Å²) >= 11 is 0. The third-order valence-corrected chi connectivity index (χ3v) is 3.73. The summed E-state index contributed by atoms with van der Waals surface area (Å²) in [7, 11) is 0. The van der Waals surface area contributed by atoms with Crippen molar-refractivity contribution in [1.82, 2.24) is 9.88 Å². The molecule has 2 aromatic rings. The minimum atomic E-state index is -0.442. The summed E-state index contributed by atoms with van der Waals surface area (Å²) in [5.74, 6) is -0.442. The molecule has 1 saturated heterocycles. The number of fused-ring (bicyclic) bond motifs is 1. The van der Waals surface area contributed by atoms with Crippen LogP contribution in [0, 0.1) is 0 Å². The lowest BCUT2D eigenvalue weighted by atomic mass is 10.2. The standard InChI is InChI=1S/C13H18N4O2/c1-2-16-3-5-17(6-4-16)11-8-10-12(7-9(11)14)19-13(18)15-10/h7-8H,2-6,14H2,1H3,(H,15,18). The number of nitrogens with zero attached hydrogens (tertiary/aromatic N) is 2. The van der Waals surface area contributed by atoms with Crippen LogP contribution < -0.4 is 16.4 Å². The summed E-state index contributed by atoms with van der Waals surface area (Å²) in [5.41, 5.74) is 8.90. The zero-order valence-corrected chi connectivity index (χ0v) is 11.0. The van der Waals surface area contributed by atoms with Crippen LogP contribution in [-0.2, 0) is 0 Å². The minimum absolute atomic E-state index is 0.442. The van der Waals surface area contributed by atoms with E-state index in [1.165, 1.54) is 0 Å². The van der Waals surface area contributed by atoms with E-state index in [4.69, 9.17) is 10.2 Å². The highest BCUT2D eigenvalue weighted by Gasteiger charge is 2.18. The predicted molar refractivity (Wildman–Crippen MR) is 75.6 cm³/mol. The number of rotatable bonds is 2. The summed E-state index contributed by atoms with van der Waals surface area (Å²) in [6.45, 7) is 7.23. The molecule has 19 heavy (non-hydrogen) atoms. The van der Waals surface area contributed by atoms with Crippen molar-refractivity contribution in [1.29, 1.82) is 0 Å². The van der Waals surface area contributed by atoms with E-state index < -0.39 is 5.76 Å². The highest BCUT2D eigenvalue weighted by atomic mass is 16.4. The van der Waals surface area contributed by atoms with Crippen molar-refractivity contribution in [3.63, 3.8) is 0 Å². The zero-order valence-electron chi connectivity index (χ0n) is 11.0. The number of nitrogen functional groups attached to an aromatic ring is 1. The molecule has 0 spiro atoms. The fourth-order valence-electron chi connectivity index (χ4n) is 2.58. The van der Waals surface area contributed by atoms with Crippen LogP contribution in [-0.4, -0.2) is 42.6 Å². The van der Waals surface area contributed by atoms with Gasteiger partial charge in [0.2, 0.25) is 0 Å². The molecule has 0 aliphatic carbocycles. The van der Waals surface area contributed by atoms with E-state index in [1.54, 1.807) is 6.07 Å². The molecular weight excluding hydrogens is 244 g/mol. The molecule has 1 fully saturated rings. The Balaban J connectivity index is 1.92. The van der Waals surface area contributed by atoms with Gasteiger partial charge in [-0.3, -0.25) is 4.98 Å². The SMILES string of the molecule is CCN1CCN(c2cc3[nH]c(=O)oc3cc2N)CC1. The average molecular weight is 262 g/mol. The number of hydrogen-bond donors (Lipinski definition) is 2. The van der Waals surface area contributed by atoms with E-state index in [9.17, 15) is 4.79 Å². The van der Waals surface area contributed by atoms with Gasteiger partial charge >= 0.3 is 5.76 Å². The van der Waals surface area contributed by atoms with E-state index in [1.807, 2.05) is 6.07 Å². The zero-order chi connectivity index (χ0) is 13.4. The first kappa shape index (κ1) is 12.1. The Morgan fingerprint density at radius 1 is 1.32 bits per heavy atom. The van der Waals surface area contributed by atoms with Crippen LogP contribution in [0.2, 0.25) is 0 Å².